The zero-order valence-electron chi connectivity index (χ0n) is 6.37. The number of thiocyanates is 1. The summed E-state index contributed by atoms with van der Waals surface area (Å²) in [6, 6.07) is 5.54. The zero-order chi connectivity index (χ0) is 8.97. The van der Waals surface area contributed by atoms with Gasteiger partial charge in [0, 0.05) is 4.90 Å². The number of benzene rings is 1. The highest BCUT2D eigenvalue weighted by atomic mass is 79.9. The van der Waals surface area contributed by atoms with Gasteiger partial charge in [0.25, 0.3) is 0 Å². The van der Waals surface area contributed by atoms with Gasteiger partial charge in [-0.15, -0.1) is 0 Å². The van der Waals surface area contributed by atoms with Crippen LogP contribution < -0.4 is 4.74 Å². The van der Waals surface area contributed by atoms with E-state index in [4.69, 9.17) is 10.00 Å². The fraction of sp³-hybridized carbons (Fsp3) is 0.125. The van der Waals surface area contributed by atoms with Crippen LogP contribution in [0.2, 0.25) is 0 Å². The Balaban J connectivity index is 2.98. The van der Waals surface area contributed by atoms with Gasteiger partial charge in [-0.25, -0.2) is 0 Å². The van der Waals surface area contributed by atoms with Crippen molar-refractivity contribution in [1.82, 2.24) is 0 Å². The molecule has 0 atom stereocenters. The lowest BCUT2D eigenvalue weighted by Crippen LogP contribution is -1.83. The van der Waals surface area contributed by atoms with Crippen LogP contribution >= 0.6 is 27.7 Å². The lowest BCUT2D eigenvalue weighted by Gasteiger charge is -2.02. The second-order valence-corrected chi connectivity index (χ2v) is 3.70. The quantitative estimate of drug-likeness (QED) is 0.592. The number of ether oxygens (including phenoxy) is 1. The highest BCUT2D eigenvalue weighted by Gasteiger charge is 2.00. The summed E-state index contributed by atoms with van der Waals surface area (Å²) in [6.45, 7) is 0. The van der Waals surface area contributed by atoms with E-state index in [1.165, 1.54) is 0 Å². The zero-order valence-corrected chi connectivity index (χ0v) is 8.78. The molecule has 2 nitrogen and oxygen atoms in total. The second-order valence-electron chi connectivity index (χ2n) is 1.99. The Bertz CT molecular complexity index is 321. The number of nitrogens with zero attached hydrogens (tertiary/aromatic N) is 1. The number of thioether (sulfide) groups is 1. The average molecular weight is 244 g/mol. The van der Waals surface area contributed by atoms with Crippen LogP contribution in [-0.4, -0.2) is 7.11 Å². The van der Waals surface area contributed by atoms with E-state index < -0.39 is 0 Å². The first-order valence-electron chi connectivity index (χ1n) is 3.17. The Hall–Kier alpha value is -0.660. The predicted molar refractivity (Wildman–Crippen MR) is 52.2 cm³/mol. The van der Waals surface area contributed by atoms with Crippen molar-refractivity contribution in [1.29, 1.82) is 5.26 Å². The molecule has 0 saturated heterocycles. The Morgan fingerprint density at radius 1 is 1.58 bits per heavy atom. The molecule has 1 aromatic rings. The summed E-state index contributed by atoms with van der Waals surface area (Å²) < 4.78 is 5.96. The van der Waals surface area contributed by atoms with Crippen LogP contribution in [-0.2, 0) is 0 Å². The molecule has 0 spiro atoms. The highest BCUT2D eigenvalue weighted by Crippen LogP contribution is 2.29. The molecule has 0 bridgehead atoms. The SMILES string of the molecule is COc1cc(SC#N)ccc1Br. The van der Waals surface area contributed by atoms with Crippen molar-refractivity contribution in [3.8, 4) is 11.2 Å². The molecule has 1 rings (SSSR count). The minimum absolute atomic E-state index is 0.746. The summed E-state index contributed by atoms with van der Waals surface area (Å²) in [7, 11) is 1.60. The summed E-state index contributed by atoms with van der Waals surface area (Å²) in [6.07, 6.45) is 0. The first-order chi connectivity index (χ1) is 5.77. The molecule has 62 valence electrons. The van der Waals surface area contributed by atoms with E-state index in [1.807, 2.05) is 23.6 Å². The summed E-state index contributed by atoms with van der Waals surface area (Å²) in [4.78, 5) is 0.887. The Morgan fingerprint density at radius 2 is 2.33 bits per heavy atom. The lowest BCUT2D eigenvalue weighted by atomic mass is 10.3. The van der Waals surface area contributed by atoms with Gasteiger partial charge in [0.05, 0.1) is 11.6 Å². The van der Waals surface area contributed by atoms with Crippen LogP contribution in [0.5, 0.6) is 5.75 Å². The van der Waals surface area contributed by atoms with Gasteiger partial charge in [0.1, 0.15) is 11.2 Å². The van der Waals surface area contributed by atoms with Gasteiger partial charge in [-0.1, -0.05) is 0 Å². The number of halogens is 1. The summed E-state index contributed by atoms with van der Waals surface area (Å²) in [5.41, 5.74) is 0. The summed E-state index contributed by atoms with van der Waals surface area (Å²) in [5, 5.41) is 10.4. The Kier molecular flexibility index (Phi) is 3.45. The molecule has 0 N–H and O–H groups in total. The molecule has 0 amide bonds. The van der Waals surface area contributed by atoms with Gasteiger partial charge in [0.15, 0.2) is 0 Å². The topological polar surface area (TPSA) is 33.0 Å². The van der Waals surface area contributed by atoms with Crippen LogP contribution in [0.4, 0.5) is 0 Å². The molecule has 0 radical (unpaired) electrons. The first-order valence-corrected chi connectivity index (χ1v) is 4.78. The van der Waals surface area contributed by atoms with Crippen molar-refractivity contribution in [3.63, 3.8) is 0 Å². The molecule has 0 aromatic heterocycles. The van der Waals surface area contributed by atoms with E-state index in [-0.39, 0.29) is 0 Å². The third kappa shape index (κ3) is 2.16. The van der Waals surface area contributed by atoms with Crippen molar-refractivity contribution in [2.45, 2.75) is 4.90 Å². The predicted octanol–water partition coefficient (Wildman–Crippen LogP) is 3.03. The molecule has 0 saturated carbocycles. The van der Waals surface area contributed by atoms with Crippen molar-refractivity contribution in [2.24, 2.45) is 0 Å². The highest BCUT2D eigenvalue weighted by molar-refractivity contribution is 9.10. The molecule has 0 aliphatic carbocycles. The van der Waals surface area contributed by atoms with E-state index in [9.17, 15) is 0 Å². The molecule has 0 aliphatic rings. The monoisotopic (exact) mass is 243 g/mol. The van der Waals surface area contributed by atoms with Crippen LogP contribution in [0.15, 0.2) is 27.6 Å². The molecule has 4 heteroatoms. The van der Waals surface area contributed by atoms with Gasteiger partial charge >= 0.3 is 0 Å². The maximum Gasteiger partial charge on any atom is 0.138 e. The number of hydrogen-bond acceptors (Lipinski definition) is 3. The molecule has 1 aromatic carbocycles. The van der Waals surface area contributed by atoms with Gasteiger partial charge in [0.2, 0.25) is 0 Å². The lowest BCUT2D eigenvalue weighted by molar-refractivity contribution is 0.411. The molecule has 0 fully saturated rings. The second kappa shape index (κ2) is 4.39. The number of methoxy groups -OCH3 is 1. The van der Waals surface area contributed by atoms with Crippen LogP contribution in [0.25, 0.3) is 0 Å². The van der Waals surface area contributed by atoms with Gasteiger partial charge in [-0.2, -0.15) is 5.26 Å². The van der Waals surface area contributed by atoms with Gasteiger partial charge in [-0.3, -0.25) is 0 Å². The van der Waals surface area contributed by atoms with Gasteiger partial charge in [-0.05, 0) is 45.9 Å². The molecular formula is C8H6BrNOS. The van der Waals surface area contributed by atoms with E-state index in [2.05, 4.69) is 15.9 Å². The standard InChI is InChI=1S/C8H6BrNOS/c1-11-8-4-6(12-5-10)2-3-7(8)9/h2-4H,1H3. The van der Waals surface area contributed by atoms with E-state index in [0.29, 0.717) is 0 Å². The van der Waals surface area contributed by atoms with Gasteiger partial charge < -0.3 is 4.74 Å². The van der Waals surface area contributed by atoms with E-state index >= 15 is 0 Å². The molecule has 0 aliphatic heterocycles. The maximum atomic E-state index is 8.41. The van der Waals surface area contributed by atoms with Crippen molar-refractivity contribution in [3.05, 3.63) is 22.7 Å². The average Bonchev–Trinajstić information content (AvgIpc) is 2.09. The van der Waals surface area contributed by atoms with Crippen LogP contribution in [0.3, 0.4) is 0 Å². The normalized spacial score (nSPS) is 9.08. The Morgan fingerprint density at radius 3 is 2.92 bits per heavy atom. The molecular weight excluding hydrogens is 238 g/mol. The molecule has 0 unspecified atom stereocenters. The Labute approximate surface area is 83.7 Å². The van der Waals surface area contributed by atoms with Crippen LogP contribution in [0.1, 0.15) is 0 Å². The number of rotatable bonds is 2. The minimum atomic E-state index is 0.746. The summed E-state index contributed by atoms with van der Waals surface area (Å²) in [5.74, 6) is 0.746. The third-order valence-electron chi connectivity index (χ3n) is 1.29. The van der Waals surface area contributed by atoms with Crippen molar-refractivity contribution in [2.75, 3.05) is 7.11 Å². The molecule has 0 heterocycles. The fourth-order valence-electron chi connectivity index (χ4n) is 0.756. The van der Waals surface area contributed by atoms with Crippen molar-refractivity contribution >= 4 is 27.7 Å². The molecule has 12 heavy (non-hydrogen) atoms. The fourth-order valence-corrected chi connectivity index (χ4v) is 1.57. The summed E-state index contributed by atoms with van der Waals surface area (Å²) >= 11 is 4.44. The number of hydrogen-bond donors (Lipinski definition) is 0. The van der Waals surface area contributed by atoms with Crippen LogP contribution in [0, 0.1) is 10.7 Å². The first kappa shape index (κ1) is 9.43. The largest absolute Gasteiger partial charge is 0.496 e. The van der Waals surface area contributed by atoms with E-state index in [1.54, 1.807) is 7.11 Å². The minimum Gasteiger partial charge on any atom is -0.496 e. The van der Waals surface area contributed by atoms with E-state index in [0.717, 1.165) is 26.9 Å². The smallest absolute Gasteiger partial charge is 0.138 e. The van der Waals surface area contributed by atoms with Crippen molar-refractivity contribution < 1.29 is 4.74 Å². The maximum absolute atomic E-state index is 8.41. The number of nitriles is 1. The third-order valence-corrected chi connectivity index (χ3v) is 2.52.